The molecule has 4 aromatic rings. The molecule has 1 heterocycles. The zero-order valence-corrected chi connectivity index (χ0v) is 26.8. The lowest BCUT2D eigenvalue weighted by atomic mass is 9.72. The van der Waals surface area contributed by atoms with E-state index in [4.69, 9.17) is 14.5 Å². The smallest absolute Gasteiger partial charge is 0.259 e. The molecular weight excluding hydrogens is 643 g/mol. The highest BCUT2D eigenvalue weighted by Gasteiger charge is 2.33. The molecule has 7 heteroatoms. The Labute approximate surface area is 260 Å². The van der Waals surface area contributed by atoms with Gasteiger partial charge in [0, 0.05) is 16.8 Å². The maximum atomic E-state index is 13.6. The molecule has 41 heavy (non-hydrogen) atoms. The van der Waals surface area contributed by atoms with Crippen LogP contribution < -0.4 is 14.8 Å². The number of hydrogen-bond acceptors (Lipinski definition) is 5. The van der Waals surface area contributed by atoms with E-state index in [1.54, 1.807) is 18.4 Å². The van der Waals surface area contributed by atoms with Crippen molar-refractivity contribution in [3.05, 3.63) is 103 Å². The third-order valence-corrected chi connectivity index (χ3v) is 9.50. The highest BCUT2D eigenvalue weighted by Crippen LogP contribution is 2.45. The van der Waals surface area contributed by atoms with E-state index in [1.165, 1.54) is 4.88 Å². The summed E-state index contributed by atoms with van der Waals surface area (Å²) in [6, 6.07) is 23.6. The molecule has 0 bridgehead atoms. The predicted molar refractivity (Wildman–Crippen MR) is 177 cm³/mol. The number of fused-ring (bicyclic) bond motifs is 1. The molecule has 0 radical (unpaired) electrons. The van der Waals surface area contributed by atoms with E-state index in [9.17, 15) is 4.79 Å². The van der Waals surface area contributed by atoms with Gasteiger partial charge >= 0.3 is 0 Å². The van der Waals surface area contributed by atoms with Crippen molar-refractivity contribution < 1.29 is 14.3 Å². The number of halogens is 1. The summed E-state index contributed by atoms with van der Waals surface area (Å²) in [5.74, 6) is 1.82. The predicted octanol–water partition coefficient (Wildman–Crippen LogP) is 9.09. The van der Waals surface area contributed by atoms with Gasteiger partial charge in [-0.05, 0) is 94.1 Å². The zero-order valence-electron chi connectivity index (χ0n) is 23.9. The standard InChI is InChI=1S/C34H35IN2O3S/c1-34(2,3)24-15-16-26-29(19-24)41-33(30(26)32(38)37-25-13-9-6-10-14-25)36-20-23-17-27(35)31(28(18-23)39-4)40-21-22-11-7-5-8-12-22/h5-14,17-18,20,24H,15-16,19,21H2,1-4H3,(H,37,38)/t24-/m1/s1. The molecule has 1 N–H and O–H groups in total. The molecule has 5 nitrogen and oxygen atoms in total. The second-order valence-corrected chi connectivity index (χ2v) is 13.6. The van der Waals surface area contributed by atoms with Crippen LogP contribution in [0.15, 0.2) is 77.8 Å². The molecule has 1 aliphatic carbocycles. The molecule has 5 rings (SSSR count). The fraction of sp³-hybridized carbons (Fsp3) is 0.294. The number of thiophene rings is 1. The van der Waals surface area contributed by atoms with Crippen molar-refractivity contribution in [3.63, 3.8) is 0 Å². The molecule has 1 amide bonds. The number of rotatable bonds is 8. The maximum Gasteiger partial charge on any atom is 0.259 e. The molecule has 0 spiro atoms. The minimum atomic E-state index is -0.105. The lowest BCUT2D eigenvalue weighted by Gasteiger charge is -2.33. The fourth-order valence-corrected chi connectivity index (χ4v) is 7.22. The molecule has 0 fully saturated rings. The lowest BCUT2D eigenvalue weighted by molar-refractivity contribution is 0.102. The molecule has 0 aliphatic heterocycles. The van der Waals surface area contributed by atoms with Gasteiger partial charge in [-0.3, -0.25) is 4.79 Å². The highest BCUT2D eigenvalue weighted by atomic mass is 127. The third-order valence-electron chi connectivity index (χ3n) is 7.54. The van der Waals surface area contributed by atoms with Crippen LogP contribution in [0.2, 0.25) is 0 Å². The molecule has 3 aromatic carbocycles. The highest BCUT2D eigenvalue weighted by molar-refractivity contribution is 14.1. The second kappa shape index (κ2) is 12.8. The molecule has 0 unspecified atom stereocenters. The van der Waals surface area contributed by atoms with Crippen LogP contribution in [-0.2, 0) is 19.4 Å². The van der Waals surface area contributed by atoms with Gasteiger partial charge in [-0.25, -0.2) is 4.99 Å². The number of nitrogens with one attached hydrogen (secondary N) is 1. The maximum absolute atomic E-state index is 13.6. The Morgan fingerprint density at radius 2 is 1.80 bits per heavy atom. The number of methoxy groups -OCH3 is 1. The van der Waals surface area contributed by atoms with Crippen LogP contribution in [0.4, 0.5) is 10.7 Å². The Kier molecular flexibility index (Phi) is 9.14. The van der Waals surface area contributed by atoms with E-state index in [0.717, 1.165) is 50.2 Å². The minimum absolute atomic E-state index is 0.105. The second-order valence-electron chi connectivity index (χ2n) is 11.4. The number of ether oxygens (including phenoxy) is 2. The largest absolute Gasteiger partial charge is 0.493 e. The molecule has 1 atom stereocenters. The first-order chi connectivity index (χ1) is 19.7. The summed E-state index contributed by atoms with van der Waals surface area (Å²) in [5.41, 5.74) is 4.81. The molecule has 0 saturated heterocycles. The fourth-order valence-electron chi connectivity index (χ4n) is 5.17. The van der Waals surface area contributed by atoms with E-state index < -0.39 is 0 Å². The van der Waals surface area contributed by atoms with Crippen LogP contribution in [0.1, 0.15) is 59.1 Å². The van der Waals surface area contributed by atoms with Gasteiger partial charge < -0.3 is 14.8 Å². The van der Waals surface area contributed by atoms with Gasteiger partial charge in [0.15, 0.2) is 11.5 Å². The molecule has 0 saturated carbocycles. The molecule has 1 aliphatic rings. The van der Waals surface area contributed by atoms with Crippen LogP contribution in [0.3, 0.4) is 0 Å². The summed E-state index contributed by atoms with van der Waals surface area (Å²) in [6.45, 7) is 7.37. The van der Waals surface area contributed by atoms with Crippen molar-refractivity contribution in [1.29, 1.82) is 0 Å². The summed E-state index contributed by atoms with van der Waals surface area (Å²) < 4.78 is 12.8. The number of hydrogen-bond donors (Lipinski definition) is 1. The summed E-state index contributed by atoms with van der Waals surface area (Å²) in [5, 5.41) is 3.84. The normalized spacial score (nSPS) is 15.0. The number of aliphatic imine (C=N–C) groups is 1. The zero-order chi connectivity index (χ0) is 29.0. The lowest BCUT2D eigenvalue weighted by Crippen LogP contribution is -2.27. The third kappa shape index (κ3) is 7.01. The van der Waals surface area contributed by atoms with Gasteiger partial charge in [0.2, 0.25) is 0 Å². The number of carbonyl (C=O) groups excluding carboxylic acids is 1. The number of nitrogens with zero attached hydrogens (tertiary/aromatic N) is 1. The minimum Gasteiger partial charge on any atom is -0.493 e. The number of amides is 1. The van der Waals surface area contributed by atoms with E-state index in [2.05, 4.69) is 48.7 Å². The van der Waals surface area contributed by atoms with Gasteiger partial charge in [-0.15, -0.1) is 11.3 Å². The van der Waals surface area contributed by atoms with Gasteiger partial charge in [0.05, 0.1) is 16.2 Å². The average molecular weight is 679 g/mol. The van der Waals surface area contributed by atoms with E-state index in [1.807, 2.05) is 79.0 Å². The van der Waals surface area contributed by atoms with Crippen molar-refractivity contribution in [1.82, 2.24) is 0 Å². The van der Waals surface area contributed by atoms with Gasteiger partial charge in [0.25, 0.3) is 5.91 Å². The van der Waals surface area contributed by atoms with E-state index in [-0.39, 0.29) is 11.3 Å². The first-order valence-corrected chi connectivity index (χ1v) is 15.7. The molecule has 212 valence electrons. The Morgan fingerprint density at radius 3 is 2.49 bits per heavy atom. The Bertz CT molecular complexity index is 1540. The van der Waals surface area contributed by atoms with Crippen molar-refractivity contribution in [2.75, 3.05) is 12.4 Å². The van der Waals surface area contributed by atoms with Gasteiger partial charge in [-0.1, -0.05) is 69.3 Å². The topological polar surface area (TPSA) is 59.9 Å². The number of anilines is 1. The first-order valence-electron chi connectivity index (χ1n) is 13.8. The van der Waals surface area contributed by atoms with Crippen molar-refractivity contribution in [3.8, 4) is 11.5 Å². The summed E-state index contributed by atoms with van der Waals surface area (Å²) in [6.07, 6.45) is 4.76. The van der Waals surface area contributed by atoms with Crippen LogP contribution in [-0.4, -0.2) is 19.2 Å². The van der Waals surface area contributed by atoms with Crippen molar-refractivity contribution in [2.24, 2.45) is 16.3 Å². The average Bonchev–Trinajstić information content (AvgIpc) is 3.33. The summed E-state index contributed by atoms with van der Waals surface area (Å²) in [7, 11) is 1.65. The van der Waals surface area contributed by atoms with E-state index >= 15 is 0 Å². The van der Waals surface area contributed by atoms with E-state index in [0.29, 0.717) is 29.6 Å². The summed E-state index contributed by atoms with van der Waals surface area (Å²) >= 11 is 3.92. The van der Waals surface area contributed by atoms with Gasteiger partial charge in [-0.2, -0.15) is 0 Å². The molecular formula is C34H35IN2O3S. The SMILES string of the molecule is COc1cc(C=Nc2sc3c(c2C(=O)Nc2ccccc2)CC[C@@H](C(C)(C)C)C3)cc(I)c1OCc1ccccc1. The monoisotopic (exact) mass is 678 g/mol. The van der Waals surface area contributed by atoms with Crippen LogP contribution in [0.5, 0.6) is 11.5 Å². The number of para-hydroxylation sites is 1. The summed E-state index contributed by atoms with van der Waals surface area (Å²) in [4.78, 5) is 19.8. The molecule has 1 aromatic heterocycles. The van der Waals surface area contributed by atoms with Crippen LogP contribution in [0, 0.1) is 14.9 Å². The quantitative estimate of drug-likeness (QED) is 0.149. The Hall–Kier alpha value is -3.17. The Morgan fingerprint density at radius 1 is 1.10 bits per heavy atom. The van der Waals surface area contributed by atoms with Crippen LogP contribution >= 0.6 is 33.9 Å². The number of benzene rings is 3. The number of carbonyl (C=O) groups is 1. The first kappa shape index (κ1) is 29.3. The Balaban J connectivity index is 1.45. The van der Waals surface area contributed by atoms with Crippen molar-refractivity contribution >= 4 is 56.7 Å². The van der Waals surface area contributed by atoms with Crippen molar-refractivity contribution in [2.45, 2.75) is 46.6 Å². The van der Waals surface area contributed by atoms with Gasteiger partial charge in [0.1, 0.15) is 11.6 Å². The van der Waals surface area contributed by atoms with Crippen LogP contribution in [0.25, 0.3) is 0 Å².